The quantitative estimate of drug-likeness (QED) is 0.693. The van der Waals surface area contributed by atoms with E-state index < -0.39 is 0 Å². The third kappa shape index (κ3) is 6.53. The zero-order valence-electron chi connectivity index (χ0n) is 8.22. The summed E-state index contributed by atoms with van der Waals surface area (Å²) in [6.45, 7) is 4.08. The number of hydrogen-bond acceptors (Lipinski definition) is 2. The number of carbonyl (C=O) groups excluding carboxylic acids is 1. The zero-order chi connectivity index (χ0) is 9.40. The molecule has 0 rings (SSSR count). The fourth-order valence-corrected chi connectivity index (χ4v) is 1.53. The van der Waals surface area contributed by atoms with Crippen LogP contribution in [0.4, 0.5) is 0 Å². The molecule has 1 atom stereocenters. The maximum atomic E-state index is 11.1. The van der Waals surface area contributed by atoms with Crippen LogP contribution in [0.15, 0.2) is 0 Å². The Kier molecular flexibility index (Phi) is 7.36. The van der Waals surface area contributed by atoms with Crippen LogP contribution in [0.1, 0.15) is 33.1 Å². The van der Waals surface area contributed by atoms with Crippen LogP contribution in [0, 0.1) is 0 Å². The molecule has 0 bridgehead atoms. The monoisotopic (exact) mass is 189 g/mol. The highest BCUT2D eigenvalue weighted by Crippen LogP contribution is 2.00. The highest BCUT2D eigenvalue weighted by molar-refractivity contribution is 7.98. The van der Waals surface area contributed by atoms with Crippen molar-refractivity contribution in [3.8, 4) is 0 Å². The van der Waals surface area contributed by atoms with E-state index in [4.69, 9.17) is 0 Å². The third-order valence-corrected chi connectivity index (χ3v) is 2.28. The van der Waals surface area contributed by atoms with Gasteiger partial charge in [0.05, 0.1) is 0 Å². The van der Waals surface area contributed by atoms with Gasteiger partial charge in [-0.25, -0.2) is 0 Å². The smallest absolute Gasteiger partial charge is 0.220 e. The summed E-state index contributed by atoms with van der Waals surface area (Å²) < 4.78 is 0. The number of nitrogens with one attached hydrogen (secondary N) is 1. The van der Waals surface area contributed by atoms with Gasteiger partial charge in [0, 0.05) is 12.5 Å². The van der Waals surface area contributed by atoms with Crippen molar-refractivity contribution in [2.24, 2.45) is 0 Å². The van der Waals surface area contributed by atoms with Crippen LogP contribution < -0.4 is 5.32 Å². The van der Waals surface area contributed by atoms with Crippen LogP contribution in [-0.2, 0) is 4.79 Å². The maximum absolute atomic E-state index is 11.1. The van der Waals surface area contributed by atoms with Crippen LogP contribution in [-0.4, -0.2) is 24.0 Å². The molecule has 0 aliphatic rings. The van der Waals surface area contributed by atoms with Gasteiger partial charge in [-0.05, 0) is 31.8 Å². The van der Waals surface area contributed by atoms with E-state index in [1.165, 1.54) is 0 Å². The molecule has 72 valence electrons. The predicted octanol–water partition coefficient (Wildman–Crippen LogP) is 2.04. The Morgan fingerprint density at radius 3 is 2.75 bits per heavy atom. The lowest BCUT2D eigenvalue weighted by Gasteiger charge is -2.12. The minimum Gasteiger partial charge on any atom is -0.354 e. The Morgan fingerprint density at radius 2 is 2.25 bits per heavy atom. The van der Waals surface area contributed by atoms with Crippen LogP contribution >= 0.6 is 11.8 Å². The van der Waals surface area contributed by atoms with Crippen LogP contribution in [0.2, 0.25) is 0 Å². The van der Waals surface area contributed by atoms with Crippen molar-refractivity contribution in [2.75, 3.05) is 12.0 Å². The van der Waals surface area contributed by atoms with E-state index in [9.17, 15) is 4.79 Å². The van der Waals surface area contributed by atoms with Gasteiger partial charge >= 0.3 is 0 Å². The molecular weight excluding hydrogens is 170 g/mol. The lowest BCUT2D eigenvalue weighted by atomic mass is 10.2. The summed E-state index contributed by atoms with van der Waals surface area (Å²) in [6.07, 6.45) is 4.74. The molecule has 12 heavy (non-hydrogen) atoms. The van der Waals surface area contributed by atoms with Gasteiger partial charge in [0.15, 0.2) is 0 Å². The topological polar surface area (TPSA) is 29.1 Å². The Bertz CT molecular complexity index is 128. The first-order valence-corrected chi connectivity index (χ1v) is 5.88. The van der Waals surface area contributed by atoms with Gasteiger partial charge in [-0.1, -0.05) is 6.92 Å². The zero-order valence-corrected chi connectivity index (χ0v) is 9.04. The molecule has 0 aliphatic heterocycles. The van der Waals surface area contributed by atoms with Crippen LogP contribution in [0.25, 0.3) is 0 Å². The van der Waals surface area contributed by atoms with Crippen molar-refractivity contribution in [2.45, 2.75) is 39.2 Å². The van der Waals surface area contributed by atoms with Gasteiger partial charge < -0.3 is 5.32 Å². The van der Waals surface area contributed by atoms with E-state index in [0.717, 1.165) is 18.6 Å². The highest BCUT2D eigenvalue weighted by atomic mass is 32.2. The minimum atomic E-state index is 0.186. The molecular formula is C9H19NOS. The van der Waals surface area contributed by atoms with Crippen molar-refractivity contribution in [3.05, 3.63) is 0 Å². The fourth-order valence-electron chi connectivity index (χ4n) is 0.941. The molecule has 0 saturated heterocycles. The Balaban J connectivity index is 3.40. The van der Waals surface area contributed by atoms with E-state index in [1.807, 2.05) is 18.7 Å². The molecule has 0 aromatic rings. The van der Waals surface area contributed by atoms with E-state index in [2.05, 4.69) is 18.5 Å². The van der Waals surface area contributed by atoms with Gasteiger partial charge in [0.1, 0.15) is 0 Å². The first-order valence-electron chi connectivity index (χ1n) is 4.49. The minimum absolute atomic E-state index is 0.186. The molecule has 1 unspecified atom stereocenters. The number of hydrogen-bond donors (Lipinski definition) is 1. The summed E-state index contributed by atoms with van der Waals surface area (Å²) in [5, 5.41) is 2.96. The van der Waals surface area contributed by atoms with Crippen molar-refractivity contribution in [1.29, 1.82) is 0 Å². The summed E-state index contributed by atoms with van der Waals surface area (Å²) in [5.74, 6) is 1.30. The van der Waals surface area contributed by atoms with Gasteiger partial charge in [-0.3, -0.25) is 4.79 Å². The molecule has 0 aromatic carbocycles. The molecule has 0 aromatic heterocycles. The Hall–Kier alpha value is -0.180. The average molecular weight is 189 g/mol. The first-order chi connectivity index (χ1) is 5.70. The van der Waals surface area contributed by atoms with Gasteiger partial charge in [0.25, 0.3) is 0 Å². The van der Waals surface area contributed by atoms with E-state index in [-0.39, 0.29) is 5.91 Å². The standard InChI is InChI=1S/C9H19NOS/c1-4-5-9(11)10-8(2)6-7-12-3/h8H,4-7H2,1-3H3,(H,10,11). The van der Waals surface area contributed by atoms with Crippen LogP contribution in [0.3, 0.4) is 0 Å². The van der Waals surface area contributed by atoms with Crippen molar-refractivity contribution >= 4 is 17.7 Å². The summed E-state index contributed by atoms with van der Waals surface area (Å²) in [4.78, 5) is 11.1. The molecule has 1 N–H and O–H groups in total. The van der Waals surface area contributed by atoms with Crippen molar-refractivity contribution < 1.29 is 4.79 Å². The number of rotatable bonds is 6. The largest absolute Gasteiger partial charge is 0.354 e. The van der Waals surface area contributed by atoms with E-state index in [1.54, 1.807) is 0 Å². The molecule has 3 heteroatoms. The maximum Gasteiger partial charge on any atom is 0.220 e. The summed E-state index contributed by atoms with van der Waals surface area (Å²) in [7, 11) is 0. The van der Waals surface area contributed by atoms with Crippen molar-refractivity contribution in [3.63, 3.8) is 0 Å². The SMILES string of the molecule is CCCC(=O)NC(C)CCSC. The molecule has 0 saturated carbocycles. The second-order valence-corrected chi connectivity index (χ2v) is 3.99. The fraction of sp³-hybridized carbons (Fsp3) is 0.889. The number of amides is 1. The van der Waals surface area contributed by atoms with Crippen molar-refractivity contribution in [1.82, 2.24) is 5.32 Å². The van der Waals surface area contributed by atoms with Gasteiger partial charge in [0.2, 0.25) is 5.91 Å². The molecule has 2 nitrogen and oxygen atoms in total. The highest BCUT2D eigenvalue weighted by Gasteiger charge is 2.04. The molecule has 0 fully saturated rings. The molecule has 0 radical (unpaired) electrons. The predicted molar refractivity (Wildman–Crippen MR) is 55.5 cm³/mol. The Morgan fingerprint density at radius 1 is 1.58 bits per heavy atom. The van der Waals surface area contributed by atoms with Crippen LogP contribution in [0.5, 0.6) is 0 Å². The summed E-state index contributed by atoms with van der Waals surface area (Å²) in [6, 6.07) is 0.330. The second kappa shape index (κ2) is 7.47. The normalized spacial score (nSPS) is 12.6. The summed E-state index contributed by atoms with van der Waals surface area (Å²) >= 11 is 1.82. The molecule has 0 spiro atoms. The lowest BCUT2D eigenvalue weighted by molar-refractivity contribution is -0.121. The van der Waals surface area contributed by atoms with Gasteiger partial charge in [-0.2, -0.15) is 11.8 Å². The Labute approximate surface area is 79.5 Å². The number of carbonyl (C=O) groups is 1. The van der Waals surface area contributed by atoms with E-state index >= 15 is 0 Å². The molecule has 0 aliphatic carbocycles. The van der Waals surface area contributed by atoms with Gasteiger partial charge in [-0.15, -0.1) is 0 Å². The first kappa shape index (κ1) is 11.8. The third-order valence-electron chi connectivity index (χ3n) is 1.64. The average Bonchev–Trinajstić information content (AvgIpc) is 2.01. The molecule has 0 heterocycles. The summed E-state index contributed by atoms with van der Waals surface area (Å²) in [5.41, 5.74) is 0. The second-order valence-electron chi connectivity index (χ2n) is 3.00. The number of thioether (sulfide) groups is 1. The molecule has 1 amide bonds. The lowest BCUT2D eigenvalue weighted by Crippen LogP contribution is -2.32. The van der Waals surface area contributed by atoms with E-state index in [0.29, 0.717) is 12.5 Å².